The van der Waals surface area contributed by atoms with Gasteiger partial charge in [-0.2, -0.15) is 0 Å². The first kappa shape index (κ1) is 20.7. The van der Waals surface area contributed by atoms with Gasteiger partial charge in [0.05, 0.1) is 6.10 Å². The van der Waals surface area contributed by atoms with Crippen LogP contribution in [0.5, 0.6) is 5.75 Å². The van der Waals surface area contributed by atoms with Crippen molar-refractivity contribution in [3.8, 4) is 5.75 Å². The highest BCUT2D eigenvalue weighted by atomic mass is 16.5. The van der Waals surface area contributed by atoms with E-state index in [9.17, 15) is 4.79 Å². The van der Waals surface area contributed by atoms with Gasteiger partial charge in [0, 0.05) is 23.1 Å². The van der Waals surface area contributed by atoms with Crippen LogP contribution in [-0.4, -0.2) is 24.2 Å². The Morgan fingerprint density at radius 2 is 1.96 bits per heavy atom. The normalized spacial score (nSPS) is 23.4. The van der Waals surface area contributed by atoms with Crippen LogP contribution in [0.4, 0.5) is 5.69 Å². The fourth-order valence-corrected chi connectivity index (χ4v) is 4.20. The summed E-state index contributed by atoms with van der Waals surface area (Å²) in [6.45, 7) is 8.89. The largest absolute Gasteiger partial charge is 0.490 e. The van der Waals surface area contributed by atoms with Crippen molar-refractivity contribution in [1.29, 1.82) is 0 Å². The number of carbonyl (C=O) groups excluding carboxylic acids is 1. The minimum absolute atomic E-state index is 0.0263. The Balaban J connectivity index is 1.91. The molecule has 2 aromatic rings. The Morgan fingerprint density at radius 1 is 1.21 bits per heavy atom. The Bertz CT molecular complexity index is 815. The number of ether oxygens (including phenoxy) is 2. The lowest BCUT2D eigenvalue weighted by Crippen LogP contribution is -2.48. The van der Waals surface area contributed by atoms with Gasteiger partial charge < -0.3 is 14.8 Å². The maximum absolute atomic E-state index is 13.3. The van der Waals surface area contributed by atoms with E-state index in [-0.39, 0.29) is 12.0 Å². The number of anilines is 1. The summed E-state index contributed by atoms with van der Waals surface area (Å²) in [5.41, 5.74) is 0.0915. The number of benzene rings is 2. The summed E-state index contributed by atoms with van der Waals surface area (Å²) in [5, 5.41) is 5.19. The summed E-state index contributed by atoms with van der Waals surface area (Å²) in [6, 6.07) is 12.0. The van der Waals surface area contributed by atoms with E-state index in [1.807, 2.05) is 43.3 Å². The van der Waals surface area contributed by atoms with Gasteiger partial charge in [0.15, 0.2) is 0 Å². The fraction of sp³-hybridized carbons (Fsp3) is 0.542. The van der Waals surface area contributed by atoms with E-state index in [2.05, 4.69) is 26.1 Å². The predicted octanol–water partition coefficient (Wildman–Crippen LogP) is 5.94. The molecule has 0 bridgehead atoms. The molecule has 1 saturated carbocycles. The summed E-state index contributed by atoms with van der Waals surface area (Å²) in [6.07, 6.45) is 4.84. The van der Waals surface area contributed by atoms with Crippen molar-refractivity contribution >= 4 is 22.4 Å². The minimum Gasteiger partial charge on any atom is -0.490 e. The number of hydrogen-bond acceptors (Lipinski definition) is 3. The molecule has 152 valence electrons. The molecule has 0 spiro atoms. The maximum atomic E-state index is 13.3. The lowest BCUT2D eigenvalue weighted by molar-refractivity contribution is -0.147. The number of carbonyl (C=O) groups is 1. The quantitative estimate of drug-likeness (QED) is 0.643. The van der Waals surface area contributed by atoms with Crippen molar-refractivity contribution in [2.45, 2.75) is 71.5 Å². The van der Waals surface area contributed by atoms with Crippen molar-refractivity contribution in [3.05, 3.63) is 36.4 Å². The van der Waals surface area contributed by atoms with Gasteiger partial charge in [0.2, 0.25) is 0 Å². The third-order valence-corrected chi connectivity index (χ3v) is 5.83. The van der Waals surface area contributed by atoms with E-state index >= 15 is 0 Å². The van der Waals surface area contributed by atoms with Crippen LogP contribution >= 0.6 is 0 Å². The van der Waals surface area contributed by atoms with Crippen LogP contribution in [0.2, 0.25) is 0 Å². The molecule has 1 N–H and O–H groups in total. The number of nitrogens with one attached hydrogen (secondary N) is 1. The Hall–Kier alpha value is -2.07. The smallest absolute Gasteiger partial charge is 0.256 e. The first-order valence-electron chi connectivity index (χ1n) is 10.6. The third kappa shape index (κ3) is 4.33. The van der Waals surface area contributed by atoms with Gasteiger partial charge >= 0.3 is 0 Å². The van der Waals surface area contributed by atoms with Crippen molar-refractivity contribution < 1.29 is 14.3 Å². The average molecular weight is 384 g/mol. The summed E-state index contributed by atoms with van der Waals surface area (Å²) in [4.78, 5) is 13.3. The number of hydrogen-bond donors (Lipinski definition) is 1. The van der Waals surface area contributed by atoms with Gasteiger partial charge in [0.25, 0.3) is 5.91 Å². The van der Waals surface area contributed by atoms with Crippen molar-refractivity contribution in [2.24, 2.45) is 5.92 Å². The molecule has 3 rings (SSSR count). The van der Waals surface area contributed by atoms with Crippen LogP contribution in [-0.2, 0) is 9.53 Å². The van der Waals surface area contributed by atoms with E-state index < -0.39 is 5.60 Å². The molecule has 0 unspecified atom stereocenters. The van der Waals surface area contributed by atoms with Crippen LogP contribution in [0.3, 0.4) is 0 Å². The van der Waals surface area contributed by atoms with Crippen LogP contribution < -0.4 is 10.1 Å². The lowest BCUT2D eigenvalue weighted by atomic mass is 9.78. The summed E-state index contributed by atoms with van der Waals surface area (Å²) in [7, 11) is 0. The molecule has 1 fully saturated rings. The van der Waals surface area contributed by atoms with Crippen LogP contribution in [0.1, 0.15) is 59.8 Å². The monoisotopic (exact) mass is 383 g/mol. The molecule has 4 heteroatoms. The number of fused-ring (bicyclic) bond motifs is 1. The van der Waals surface area contributed by atoms with E-state index in [1.165, 1.54) is 0 Å². The SMILES string of the molecule is CCO[C@]1(C(=O)Nc2ccc(O[C@@H](C)CC)c3ccccc23)CCC[C@@H](C)C1. The molecule has 0 heterocycles. The Morgan fingerprint density at radius 3 is 2.64 bits per heavy atom. The summed E-state index contributed by atoms with van der Waals surface area (Å²) >= 11 is 0. The van der Waals surface area contributed by atoms with Gasteiger partial charge in [-0.25, -0.2) is 0 Å². The first-order valence-corrected chi connectivity index (χ1v) is 10.6. The maximum Gasteiger partial charge on any atom is 0.256 e. The molecular formula is C24H33NO3. The molecule has 4 nitrogen and oxygen atoms in total. The van der Waals surface area contributed by atoms with Crippen LogP contribution in [0.25, 0.3) is 10.8 Å². The molecule has 1 aliphatic carbocycles. The van der Waals surface area contributed by atoms with Crippen LogP contribution in [0.15, 0.2) is 36.4 Å². The van der Waals surface area contributed by atoms with E-state index in [0.29, 0.717) is 12.5 Å². The molecule has 1 amide bonds. The standard InChI is InChI=1S/C24H33NO3/c1-5-18(4)28-22-14-13-21(19-11-7-8-12-20(19)22)25-23(26)24(27-6-2)15-9-10-17(3)16-24/h7-8,11-14,17-18H,5-6,9-10,15-16H2,1-4H3,(H,25,26)/t17-,18+,24-/m1/s1. The molecule has 28 heavy (non-hydrogen) atoms. The molecule has 2 aromatic carbocycles. The fourth-order valence-electron chi connectivity index (χ4n) is 4.20. The molecule has 0 radical (unpaired) electrons. The molecule has 0 aliphatic heterocycles. The second-order valence-corrected chi connectivity index (χ2v) is 8.08. The van der Waals surface area contributed by atoms with Gasteiger partial charge in [-0.15, -0.1) is 0 Å². The van der Waals surface area contributed by atoms with E-state index in [0.717, 1.165) is 54.3 Å². The van der Waals surface area contributed by atoms with Gasteiger partial charge in [-0.1, -0.05) is 44.5 Å². The summed E-state index contributed by atoms with van der Waals surface area (Å²) in [5.74, 6) is 1.32. The number of rotatable bonds is 7. The zero-order valence-corrected chi connectivity index (χ0v) is 17.6. The topological polar surface area (TPSA) is 47.6 Å². The predicted molar refractivity (Wildman–Crippen MR) is 115 cm³/mol. The van der Waals surface area contributed by atoms with Crippen LogP contribution in [0, 0.1) is 5.92 Å². The van der Waals surface area contributed by atoms with Crippen molar-refractivity contribution in [1.82, 2.24) is 0 Å². The molecule has 1 aliphatic rings. The zero-order chi connectivity index (χ0) is 20.1. The van der Waals surface area contributed by atoms with Gasteiger partial charge in [0.1, 0.15) is 11.4 Å². The molecular weight excluding hydrogens is 350 g/mol. The summed E-state index contributed by atoms with van der Waals surface area (Å²) < 4.78 is 12.1. The second kappa shape index (κ2) is 8.95. The Labute approximate surface area is 168 Å². The van der Waals surface area contributed by atoms with E-state index in [4.69, 9.17) is 9.47 Å². The van der Waals surface area contributed by atoms with Gasteiger partial charge in [-0.05, 0) is 57.6 Å². The third-order valence-electron chi connectivity index (χ3n) is 5.83. The molecule has 3 atom stereocenters. The lowest BCUT2D eigenvalue weighted by Gasteiger charge is -2.38. The Kier molecular flexibility index (Phi) is 6.61. The zero-order valence-electron chi connectivity index (χ0n) is 17.6. The first-order chi connectivity index (χ1) is 13.5. The number of amides is 1. The minimum atomic E-state index is -0.723. The van der Waals surface area contributed by atoms with Gasteiger partial charge in [-0.3, -0.25) is 4.79 Å². The highest BCUT2D eigenvalue weighted by Gasteiger charge is 2.42. The molecule has 0 aromatic heterocycles. The second-order valence-electron chi connectivity index (χ2n) is 8.08. The van der Waals surface area contributed by atoms with E-state index in [1.54, 1.807) is 0 Å². The van der Waals surface area contributed by atoms with Crippen molar-refractivity contribution in [3.63, 3.8) is 0 Å². The van der Waals surface area contributed by atoms with Crippen molar-refractivity contribution in [2.75, 3.05) is 11.9 Å². The molecule has 0 saturated heterocycles. The highest BCUT2D eigenvalue weighted by molar-refractivity contribution is 6.06. The average Bonchev–Trinajstić information content (AvgIpc) is 2.69. The highest BCUT2D eigenvalue weighted by Crippen LogP contribution is 2.38.